The molecule has 4 nitrogen and oxygen atoms in total. The number of nitrogens with one attached hydrogen (secondary N) is 1. The Bertz CT molecular complexity index is 478. The molecule has 86 valence electrons. The van der Waals surface area contributed by atoms with Crippen molar-refractivity contribution in [2.24, 2.45) is 0 Å². The minimum atomic E-state index is 0.295. The molecule has 1 saturated heterocycles. The first kappa shape index (κ1) is 11.4. The molecule has 1 aromatic carbocycles. The summed E-state index contributed by atoms with van der Waals surface area (Å²) >= 11 is 0. The summed E-state index contributed by atoms with van der Waals surface area (Å²) in [7, 11) is 0. The third-order valence-electron chi connectivity index (χ3n) is 2.79. The lowest BCUT2D eigenvalue weighted by molar-refractivity contribution is 0.0876. The zero-order chi connectivity index (χ0) is 12.1. The molecule has 4 heteroatoms. The molecule has 0 aliphatic carbocycles. The first-order valence-electron chi connectivity index (χ1n) is 5.62. The lowest BCUT2D eigenvalue weighted by atomic mass is 10.1. The van der Waals surface area contributed by atoms with Crippen molar-refractivity contribution >= 4 is 5.69 Å². The van der Waals surface area contributed by atoms with Crippen LogP contribution in [0.25, 0.3) is 0 Å². The quantitative estimate of drug-likeness (QED) is 0.839. The van der Waals surface area contributed by atoms with Crippen LogP contribution in [-0.4, -0.2) is 19.3 Å². The predicted molar refractivity (Wildman–Crippen MR) is 63.3 cm³/mol. The SMILES string of the molecule is N#Cc1ccc(NC2CCCOC2)cc1C#N. The Balaban J connectivity index is 2.12. The fraction of sp³-hybridized carbons (Fsp3) is 0.385. The number of nitriles is 2. The summed E-state index contributed by atoms with van der Waals surface area (Å²) in [4.78, 5) is 0. The third-order valence-corrected chi connectivity index (χ3v) is 2.79. The summed E-state index contributed by atoms with van der Waals surface area (Å²) in [6, 6.07) is 9.54. The van der Waals surface area contributed by atoms with Crippen LogP contribution in [0.3, 0.4) is 0 Å². The second-order valence-corrected chi connectivity index (χ2v) is 4.04. The van der Waals surface area contributed by atoms with E-state index >= 15 is 0 Å². The molecule has 1 N–H and O–H groups in total. The van der Waals surface area contributed by atoms with E-state index in [1.54, 1.807) is 12.1 Å². The van der Waals surface area contributed by atoms with Crippen LogP contribution in [0.1, 0.15) is 24.0 Å². The minimum Gasteiger partial charge on any atom is -0.380 e. The highest BCUT2D eigenvalue weighted by atomic mass is 16.5. The van der Waals surface area contributed by atoms with Crippen molar-refractivity contribution in [3.8, 4) is 12.1 Å². The molecule has 17 heavy (non-hydrogen) atoms. The summed E-state index contributed by atoms with van der Waals surface area (Å²) in [5.41, 5.74) is 1.70. The van der Waals surface area contributed by atoms with Crippen molar-refractivity contribution in [2.45, 2.75) is 18.9 Å². The third kappa shape index (κ3) is 2.75. The van der Waals surface area contributed by atoms with Crippen LogP contribution in [0.15, 0.2) is 18.2 Å². The molecule has 0 bridgehead atoms. The molecule has 1 atom stereocenters. The van der Waals surface area contributed by atoms with Crippen molar-refractivity contribution < 1.29 is 4.74 Å². The van der Waals surface area contributed by atoms with Gasteiger partial charge in [0.1, 0.15) is 12.1 Å². The zero-order valence-corrected chi connectivity index (χ0v) is 9.44. The van der Waals surface area contributed by atoms with Gasteiger partial charge in [-0.15, -0.1) is 0 Å². The van der Waals surface area contributed by atoms with Gasteiger partial charge in [-0.3, -0.25) is 0 Å². The number of anilines is 1. The van der Waals surface area contributed by atoms with Crippen LogP contribution < -0.4 is 5.32 Å². The van der Waals surface area contributed by atoms with Gasteiger partial charge in [-0.1, -0.05) is 0 Å². The Labute approximate surface area is 100 Å². The Morgan fingerprint density at radius 2 is 2.06 bits per heavy atom. The molecular weight excluding hydrogens is 214 g/mol. The lowest BCUT2D eigenvalue weighted by Gasteiger charge is -2.24. The summed E-state index contributed by atoms with van der Waals surface area (Å²) in [5, 5.41) is 21.1. The molecular formula is C13H13N3O. The predicted octanol–water partition coefficient (Wildman–Crippen LogP) is 2.02. The van der Waals surface area contributed by atoms with Gasteiger partial charge in [0.15, 0.2) is 0 Å². The average Bonchev–Trinajstić information content (AvgIpc) is 2.40. The van der Waals surface area contributed by atoms with Gasteiger partial charge < -0.3 is 10.1 Å². The maximum absolute atomic E-state index is 8.93. The molecule has 0 amide bonds. The highest BCUT2D eigenvalue weighted by Gasteiger charge is 2.13. The number of hydrogen-bond acceptors (Lipinski definition) is 4. The van der Waals surface area contributed by atoms with Crippen LogP contribution in [0.2, 0.25) is 0 Å². The van der Waals surface area contributed by atoms with Crippen molar-refractivity contribution in [2.75, 3.05) is 18.5 Å². The number of ether oxygens (including phenoxy) is 1. The number of nitrogens with zero attached hydrogens (tertiary/aromatic N) is 2. The number of hydrogen-bond donors (Lipinski definition) is 1. The first-order chi connectivity index (χ1) is 8.33. The van der Waals surface area contributed by atoms with E-state index in [9.17, 15) is 0 Å². The number of rotatable bonds is 2. The van der Waals surface area contributed by atoms with Gasteiger partial charge in [0.25, 0.3) is 0 Å². The van der Waals surface area contributed by atoms with E-state index in [1.807, 2.05) is 18.2 Å². The van der Waals surface area contributed by atoms with Crippen molar-refractivity contribution in [3.05, 3.63) is 29.3 Å². The molecule has 1 aromatic rings. The lowest BCUT2D eigenvalue weighted by Crippen LogP contribution is -2.29. The highest BCUT2D eigenvalue weighted by molar-refractivity contribution is 5.56. The molecule has 0 spiro atoms. The molecule has 0 radical (unpaired) electrons. The molecule has 1 aliphatic rings. The second kappa shape index (κ2) is 5.34. The van der Waals surface area contributed by atoms with Crippen LogP contribution >= 0.6 is 0 Å². The molecule has 1 aliphatic heterocycles. The average molecular weight is 227 g/mol. The van der Waals surface area contributed by atoms with Crippen molar-refractivity contribution in [3.63, 3.8) is 0 Å². The largest absolute Gasteiger partial charge is 0.380 e. The van der Waals surface area contributed by atoms with Crippen LogP contribution in [-0.2, 0) is 4.74 Å². The maximum atomic E-state index is 8.93. The van der Waals surface area contributed by atoms with Gasteiger partial charge in [-0.2, -0.15) is 10.5 Å². The van der Waals surface area contributed by atoms with E-state index in [2.05, 4.69) is 5.32 Å². The van der Waals surface area contributed by atoms with Gasteiger partial charge in [0.2, 0.25) is 0 Å². The topological polar surface area (TPSA) is 68.8 Å². The minimum absolute atomic E-state index is 0.295. The normalized spacial score (nSPS) is 19.1. The molecule has 0 aromatic heterocycles. The van der Waals surface area contributed by atoms with Crippen LogP contribution in [0, 0.1) is 22.7 Å². The van der Waals surface area contributed by atoms with Gasteiger partial charge in [-0.25, -0.2) is 0 Å². The first-order valence-corrected chi connectivity index (χ1v) is 5.62. The van der Waals surface area contributed by atoms with E-state index in [0.717, 1.165) is 25.1 Å². The summed E-state index contributed by atoms with van der Waals surface area (Å²) in [6.07, 6.45) is 2.13. The molecule has 1 heterocycles. The van der Waals surface area contributed by atoms with Gasteiger partial charge >= 0.3 is 0 Å². The standard InChI is InChI=1S/C13H13N3O/c14-7-10-3-4-12(6-11(10)8-15)16-13-2-1-5-17-9-13/h3-4,6,13,16H,1-2,5,9H2. The Hall–Kier alpha value is -2.04. The van der Waals surface area contributed by atoms with E-state index in [1.165, 1.54) is 0 Å². The molecule has 1 unspecified atom stereocenters. The molecule has 0 saturated carbocycles. The van der Waals surface area contributed by atoms with Crippen molar-refractivity contribution in [1.29, 1.82) is 10.5 Å². The number of benzene rings is 1. The molecule has 2 rings (SSSR count). The summed E-state index contributed by atoms with van der Waals surface area (Å²) in [5.74, 6) is 0. The smallest absolute Gasteiger partial charge is 0.101 e. The van der Waals surface area contributed by atoms with Crippen LogP contribution in [0.4, 0.5) is 5.69 Å². The monoisotopic (exact) mass is 227 g/mol. The maximum Gasteiger partial charge on any atom is 0.101 e. The van der Waals surface area contributed by atoms with Crippen LogP contribution in [0.5, 0.6) is 0 Å². The van der Waals surface area contributed by atoms with Gasteiger partial charge in [-0.05, 0) is 31.0 Å². The summed E-state index contributed by atoms with van der Waals surface area (Å²) in [6.45, 7) is 1.52. The second-order valence-electron chi connectivity index (χ2n) is 4.04. The van der Waals surface area contributed by atoms with Gasteiger partial charge in [0.05, 0.1) is 17.7 Å². The highest BCUT2D eigenvalue weighted by Crippen LogP contribution is 2.18. The fourth-order valence-electron chi connectivity index (χ4n) is 1.91. The van der Waals surface area contributed by atoms with E-state index in [4.69, 9.17) is 15.3 Å². The Morgan fingerprint density at radius 3 is 2.71 bits per heavy atom. The van der Waals surface area contributed by atoms with Crippen molar-refractivity contribution in [1.82, 2.24) is 0 Å². The summed E-state index contributed by atoms with van der Waals surface area (Å²) < 4.78 is 5.38. The molecule has 1 fully saturated rings. The Morgan fingerprint density at radius 1 is 1.24 bits per heavy atom. The van der Waals surface area contributed by atoms with E-state index in [-0.39, 0.29) is 0 Å². The van der Waals surface area contributed by atoms with E-state index < -0.39 is 0 Å². The zero-order valence-electron chi connectivity index (χ0n) is 9.44. The fourth-order valence-corrected chi connectivity index (χ4v) is 1.91. The van der Waals surface area contributed by atoms with E-state index in [0.29, 0.717) is 23.8 Å². The van der Waals surface area contributed by atoms with Gasteiger partial charge in [0, 0.05) is 18.3 Å². The Kier molecular flexibility index (Phi) is 3.59.